The molecule has 81 valence electrons. The minimum absolute atomic E-state index is 0.162. The summed E-state index contributed by atoms with van der Waals surface area (Å²) in [5.41, 5.74) is 0. The molecular formula is C12H21OS. The average molecular weight is 213 g/mol. The fourth-order valence-electron chi connectivity index (χ4n) is 1.89. The standard InChI is InChI=1S/C12H21OS/c13-11-12-9-7-5-3-1-2-4-6-8-10-14-12/h12H,1-10H2. The summed E-state index contributed by atoms with van der Waals surface area (Å²) < 4.78 is 0. The Hall–Kier alpha value is 0.0200. The molecule has 1 saturated heterocycles. The van der Waals surface area contributed by atoms with Gasteiger partial charge in [0, 0.05) is 0 Å². The van der Waals surface area contributed by atoms with Gasteiger partial charge < -0.3 is 0 Å². The van der Waals surface area contributed by atoms with Crippen LogP contribution in [0.25, 0.3) is 0 Å². The summed E-state index contributed by atoms with van der Waals surface area (Å²) in [5, 5.41) is 0.162. The highest BCUT2D eigenvalue weighted by Crippen LogP contribution is 2.20. The van der Waals surface area contributed by atoms with Crippen LogP contribution in [0.5, 0.6) is 0 Å². The molecule has 1 fully saturated rings. The maximum Gasteiger partial charge on any atom is 0.212 e. The van der Waals surface area contributed by atoms with Crippen LogP contribution < -0.4 is 0 Å². The van der Waals surface area contributed by atoms with E-state index >= 15 is 0 Å². The second-order valence-corrected chi connectivity index (χ2v) is 5.41. The van der Waals surface area contributed by atoms with Gasteiger partial charge in [-0.15, -0.1) is 0 Å². The Labute approximate surface area is 92.0 Å². The fraction of sp³-hybridized carbons (Fsp3) is 0.917. The molecule has 1 unspecified atom stereocenters. The minimum atomic E-state index is 0.162. The van der Waals surface area contributed by atoms with Crippen LogP contribution in [0, 0.1) is 0 Å². The molecule has 1 aliphatic rings. The molecular weight excluding hydrogens is 192 g/mol. The van der Waals surface area contributed by atoms with Gasteiger partial charge in [0.2, 0.25) is 6.29 Å². The highest BCUT2D eigenvalue weighted by molar-refractivity contribution is 8.00. The lowest BCUT2D eigenvalue weighted by Crippen LogP contribution is -2.05. The van der Waals surface area contributed by atoms with Crippen molar-refractivity contribution in [3.63, 3.8) is 0 Å². The van der Waals surface area contributed by atoms with Crippen LogP contribution in [-0.2, 0) is 4.79 Å². The lowest BCUT2D eigenvalue weighted by atomic mass is 10.1. The van der Waals surface area contributed by atoms with Crippen molar-refractivity contribution in [1.82, 2.24) is 0 Å². The zero-order chi connectivity index (χ0) is 10.1. The van der Waals surface area contributed by atoms with Crippen molar-refractivity contribution in [2.75, 3.05) is 5.75 Å². The van der Waals surface area contributed by atoms with Crippen molar-refractivity contribution in [2.45, 2.75) is 63.0 Å². The molecule has 0 spiro atoms. The summed E-state index contributed by atoms with van der Waals surface area (Å²) in [6.45, 7) is 0. The molecule has 0 aromatic rings. The topological polar surface area (TPSA) is 17.1 Å². The Morgan fingerprint density at radius 2 is 1.43 bits per heavy atom. The van der Waals surface area contributed by atoms with Gasteiger partial charge in [-0.05, 0) is 18.6 Å². The molecule has 1 aliphatic heterocycles. The van der Waals surface area contributed by atoms with Gasteiger partial charge in [-0.2, -0.15) is 11.8 Å². The molecule has 0 bridgehead atoms. The smallest absolute Gasteiger partial charge is 0.212 e. The first-order chi connectivity index (χ1) is 6.93. The van der Waals surface area contributed by atoms with Crippen molar-refractivity contribution in [1.29, 1.82) is 0 Å². The Morgan fingerprint density at radius 1 is 0.857 bits per heavy atom. The monoisotopic (exact) mass is 213 g/mol. The lowest BCUT2D eigenvalue weighted by molar-refractivity contribution is 0.538. The Kier molecular flexibility index (Phi) is 7.20. The zero-order valence-electron chi connectivity index (χ0n) is 8.96. The van der Waals surface area contributed by atoms with E-state index in [2.05, 4.69) is 6.29 Å². The number of hydrogen-bond acceptors (Lipinski definition) is 2. The van der Waals surface area contributed by atoms with E-state index in [4.69, 9.17) is 0 Å². The third-order valence-electron chi connectivity index (χ3n) is 2.81. The van der Waals surface area contributed by atoms with Crippen LogP contribution in [0.2, 0.25) is 0 Å². The number of rotatable bonds is 1. The van der Waals surface area contributed by atoms with Gasteiger partial charge in [-0.25, -0.2) is 0 Å². The van der Waals surface area contributed by atoms with E-state index in [0.717, 1.165) is 12.2 Å². The van der Waals surface area contributed by atoms with Gasteiger partial charge >= 0.3 is 0 Å². The molecule has 2 heteroatoms. The van der Waals surface area contributed by atoms with E-state index in [-0.39, 0.29) is 5.25 Å². The van der Waals surface area contributed by atoms with Crippen LogP contribution in [0.3, 0.4) is 0 Å². The lowest BCUT2D eigenvalue weighted by Gasteiger charge is -2.10. The summed E-state index contributed by atoms with van der Waals surface area (Å²) in [6, 6.07) is 0. The van der Waals surface area contributed by atoms with Crippen LogP contribution in [0.15, 0.2) is 0 Å². The summed E-state index contributed by atoms with van der Waals surface area (Å²) in [7, 11) is 0. The predicted octanol–water partition coefficient (Wildman–Crippen LogP) is 3.72. The third-order valence-corrected chi connectivity index (χ3v) is 4.07. The fourth-order valence-corrected chi connectivity index (χ4v) is 2.95. The van der Waals surface area contributed by atoms with Crippen LogP contribution in [0.4, 0.5) is 0 Å². The largest absolute Gasteiger partial charge is 0.290 e. The summed E-state index contributed by atoms with van der Waals surface area (Å²) in [4.78, 5) is 10.6. The van der Waals surface area contributed by atoms with Gasteiger partial charge in [0.15, 0.2) is 0 Å². The zero-order valence-corrected chi connectivity index (χ0v) is 9.78. The number of thioether (sulfide) groups is 1. The molecule has 14 heavy (non-hydrogen) atoms. The first kappa shape index (κ1) is 12.1. The Balaban J connectivity index is 2.20. The second kappa shape index (κ2) is 8.34. The van der Waals surface area contributed by atoms with Crippen molar-refractivity contribution in [2.24, 2.45) is 0 Å². The maximum atomic E-state index is 10.6. The van der Waals surface area contributed by atoms with Gasteiger partial charge in [0.05, 0.1) is 5.25 Å². The average Bonchev–Trinajstić information content (AvgIpc) is 2.19. The van der Waals surface area contributed by atoms with Crippen LogP contribution in [-0.4, -0.2) is 17.3 Å². The molecule has 0 aliphatic carbocycles. The predicted molar refractivity (Wildman–Crippen MR) is 63.5 cm³/mol. The van der Waals surface area contributed by atoms with Crippen molar-refractivity contribution in [3.05, 3.63) is 0 Å². The molecule has 1 atom stereocenters. The van der Waals surface area contributed by atoms with Gasteiger partial charge in [0.1, 0.15) is 0 Å². The van der Waals surface area contributed by atoms with Gasteiger partial charge in [-0.3, -0.25) is 4.79 Å². The van der Waals surface area contributed by atoms with Crippen LogP contribution in [0.1, 0.15) is 57.8 Å². The second-order valence-electron chi connectivity index (χ2n) is 4.09. The van der Waals surface area contributed by atoms with E-state index in [0.29, 0.717) is 0 Å². The quantitative estimate of drug-likeness (QED) is 0.660. The normalized spacial score (nSPS) is 27.3. The molecule has 1 rings (SSSR count). The minimum Gasteiger partial charge on any atom is -0.290 e. The SMILES string of the molecule is O=[C]C1CCCCCCCCCCS1. The number of carbonyl (C=O) groups excluding carboxylic acids is 1. The van der Waals surface area contributed by atoms with Crippen molar-refractivity contribution in [3.8, 4) is 0 Å². The van der Waals surface area contributed by atoms with E-state index < -0.39 is 0 Å². The van der Waals surface area contributed by atoms with Crippen molar-refractivity contribution < 1.29 is 4.79 Å². The van der Waals surface area contributed by atoms with Crippen molar-refractivity contribution >= 4 is 18.0 Å². The van der Waals surface area contributed by atoms with E-state index in [1.54, 1.807) is 0 Å². The summed E-state index contributed by atoms with van der Waals surface area (Å²) in [6.07, 6.45) is 13.9. The molecule has 1 heterocycles. The molecule has 0 amide bonds. The highest BCUT2D eigenvalue weighted by atomic mass is 32.2. The summed E-state index contributed by atoms with van der Waals surface area (Å²) >= 11 is 1.81. The molecule has 1 radical (unpaired) electrons. The van der Waals surface area contributed by atoms with Gasteiger partial charge in [-0.1, -0.05) is 44.9 Å². The van der Waals surface area contributed by atoms with Crippen LogP contribution >= 0.6 is 11.8 Å². The van der Waals surface area contributed by atoms with E-state index in [1.807, 2.05) is 11.8 Å². The third kappa shape index (κ3) is 5.69. The molecule has 1 nitrogen and oxygen atoms in total. The first-order valence-electron chi connectivity index (χ1n) is 5.93. The van der Waals surface area contributed by atoms with E-state index in [9.17, 15) is 4.79 Å². The van der Waals surface area contributed by atoms with E-state index in [1.165, 1.54) is 51.4 Å². The first-order valence-corrected chi connectivity index (χ1v) is 6.97. The molecule has 0 saturated carbocycles. The maximum absolute atomic E-state index is 10.6. The molecule has 0 N–H and O–H groups in total. The highest BCUT2D eigenvalue weighted by Gasteiger charge is 2.08. The summed E-state index contributed by atoms with van der Waals surface area (Å²) in [5.74, 6) is 1.15. The Bertz CT molecular complexity index is 135. The van der Waals surface area contributed by atoms with Gasteiger partial charge in [0.25, 0.3) is 0 Å². The molecule has 0 aromatic carbocycles. The molecule has 0 aromatic heterocycles. The Morgan fingerprint density at radius 3 is 2.07 bits per heavy atom. The number of hydrogen-bond donors (Lipinski definition) is 0.